The van der Waals surface area contributed by atoms with Gasteiger partial charge in [0, 0.05) is 24.2 Å². The van der Waals surface area contributed by atoms with E-state index in [9.17, 15) is 8.78 Å². The van der Waals surface area contributed by atoms with E-state index in [1.54, 1.807) is 0 Å². The minimum absolute atomic E-state index is 0.239. The summed E-state index contributed by atoms with van der Waals surface area (Å²) in [5, 5.41) is 0. The predicted molar refractivity (Wildman–Crippen MR) is 59.6 cm³/mol. The van der Waals surface area contributed by atoms with Gasteiger partial charge in [-0.1, -0.05) is 0 Å². The van der Waals surface area contributed by atoms with Crippen molar-refractivity contribution in [3.05, 3.63) is 29.8 Å². The van der Waals surface area contributed by atoms with Crippen molar-refractivity contribution >= 4 is 0 Å². The Morgan fingerprint density at radius 1 is 1.19 bits per heavy atom. The van der Waals surface area contributed by atoms with E-state index in [0.717, 1.165) is 12.5 Å². The van der Waals surface area contributed by atoms with Crippen LogP contribution in [0, 0.1) is 11.6 Å². The third kappa shape index (κ3) is 4.14. The Bertz CT molecular complexity index is 322. The molecule has 0 aliphatic heterocycles. The molecule has 1 rings (SSSR count). The first-order valence-corrected chi connectivity index (χ1v) is 5.24. The SMILES string of the molecule is CC(CCOc1cc(F)cc(F)c1)N(C)C. The average molecular weight is 229 g/mol. The van der Waals surface area contributed by atoms with Crippen LogP contribution in [-0.2, 0) is 0 Å². The monoisotopic (exact) mass is 229 g/mol. The molecule has 0 aromatic heterocycles. The Balaban J connectivity index is 2.43. The molecule has 0 fully saturated rings. The number of ether oxygens (including phenoxy) is 1. The Hall–Kier alpha value is -1.16. The van der Waals surface area contributed by atoms with Gasteiger partial charge in [-0.3, -0.25) is 0 Å². The molecule has 0 N–H and O–H groups in total. The predicted octanol–water partition coefficient (Wildman–Crippen LogP) is 2.68. The molecule has 0 saturated heterocycles. The highest BCUT2D eigenvalue weighted by Crippen LogP contribution is 2.15. The molecule has 4 heteroatoms. The summed E-state index contributed by atoms with van der Waals surface area (Å²) in [6, 6.07) is 3.57. The van der Waals surface area contributed by atoms with Crippen molar-refractivity contribution in [2.45, 2.75) is 19.4 Å². The summed E-state index contributed by atoms with van der Waals surface area (Å²) in [7, 11) is 3.96. The molecule has 16 heavy (non-hydrogen) atoms. The number of nitrogens with zero attached hydrogens (tertiary/aromatic N) is 1. The van der Waals surface area contributed by atoms with Gasteiger partial charge in [-0.25, -0.2) is 8.78 Å². The molecule has 1 aromatic carbocycles. The molecule has 2 nitrogen and oxygen atoms in total. The normalized spacial score (nSPS) is 12.9. The summed E-state index contributed by atoms with van der Waals surface area (Å²) in [5.41, 5.74) is 0. The Morgan fingerprint density at radius 3 is 2.25 bits per heavy atom. The first-order valence-electron chi connectivity index (χ1n) is 5.24. The van der Waals surface area contributed by atoms with E-state index in [2.05, 4.69) is 11.8 Å². The van der Waals surface area contributed by atoms with Crippen LogP contribution in [-0.4, -0.2) is 31.6 Å². The fourth-order valence-electron chi connectivity index (χ4n) is 1.22. The summed E-state index contributed by atoms with van der Waals surface area (Å²) >= 11 is 0. The van der Waals surface area contributed by atoms with Crippen LogP contribution in [0.5, 0.6) is 5.75 Å². The molecular weight excluding hydrogens is 212 g/mol. The summed E-state index contributed by atoms with van der Waals surface area (Å²) in [6.07, 6.45) is 0.811. The molecule has 0 aliphatic carbocycles. The van der Waals surface area contributed by atoms with Gasteiger partial charge >= 0.3 is 0 Å². The van der Waals surface area contributed by atoms with E-state index in [1.807, 2.05) is 14.1 Å². The molecule has 0 heterocycles. The van der Waals surface area contributed by atoms with Gasteiger partial charge in [-0.15, -0.1) is 0 Å². The lowest BCUT2D eigenvalue weighted by molar-refractivity contribution is 0.232. The first kappa shape index (κ1) is 12.9. The topological polar surface area (TPSA) is 12.5 Å². The van der Waals surface area contributed by atoms with Crippen molar-refractivity contribution in [1.82, 2.24) is 4.90 Å². The first-order chi connectivity index (χ1) is 7.49. The highest BCUT2D eigenvalue weighted by molar-refractivity contribution is 5.23. The fourth-order valence-corrected chi connectivity index (χ4v) is 1.22. The number of benzene rings is 1. The largest absolute Gasteiger partial charge is 0.493 e. The number of rotatable bonds is 5. The van der Waals surface area contributed by atoms with Gasteiger partial charge in [0.05, 0.1) is 6.61 Å². The lowest BCUT2D eigenvalue weighted by atomic mass is 10.2. The van der Waals surface area contributed by atoms with Crippen LogP contribution in [0.1, 0.15) is 13.3 Å². The third-order valence-corrected chi connectivity index (χ3v) is 2.52. The Kier molecular flexibility index (Phi) is 4.68. The molecule has 0 saturated carbocycles. The highest BCUT2D eigenvalue weighted by Gasteiger charge is 2.05. The number of hydrogen-bond acceptors (Lipinski definition) is 2. The molecule has 1 atom stereocenters. The van der Waals surface area contributed by atoms with Crippen LogP contribution in [0.2, 0.25) is 0 Å². The van der Waals surface area contributed by atoms with Gasteiger partial charge in [0.2, 0.25) is 0 Å². The Morgan fingerprint density at radius 2 is 1.75 bits per heavy atom. The molecule has 0 amide bonds. The molecule has 0 aliphatic rings. The van der Waals surface area contributed by atoms with Crippen LogP contribution in [0.4, 0.5) is 8.78 Å². The zero-order chi connectivity index (χ0) is 12.1. The van der Waals surface area contributed by atoms with Gasteiger partial charge < -0.3 is 9.64 Å². The molecular formula is C12H17F2NO. The van der Waals surface area contributed by atoms with Crippen molar-refractivity contribution in [1.29, 1.82) is 0 Å². The second kappa shape index (κ2) is 5.80. The summed E-state index contributed by atoms with van der Waals surface area (Å²) < 4.78 is 30.9. The Labute approximate surface area is 94.8 Å². The van der Waals surface area contributed by atoms with Crippen LogP contribution < -0.4 is 4.74 Å². The summed E-state index contributed by atoms with van der Waals surface area (Å²) in [4.78, 5) is 2.06. The van der Waals surface area contributed by atoms with E-state index in [-0.39, 0.29) is 5.75 Å². The van der Waals surface area contributed by atoms with Crippen molar-refractivity contribution in [3.8, 4) is 5.75 Å². The molecule has 90 valence electrons. The van der Waals surface area contributed by atoms with Gasteiger partial charge in [0.25, 0.3) is 0 Å². The summed E-state index contributed by atoms with van der Waals surface area (Å²) in [5.74, 6) is -0.991. The van der Waals surface area contributed by atoms with Crippen molar-refractivity contribution in [3.63, 3.8) is 0 Å². The smallest absolute Gasteiger partial charge is 0.129 e. The average Bonchev–Trinajstić information content (AvgIpc) is 2.15. The van der Waals surface area contributed by atoms with Crippen molar-refractivity contribution < 1.29 is 13.5 Å². The van der Waals surface area contributed by atoms with E-state index >= 15 is 0 Å². The van der Waals surface area contributed by atoms with Crippen LogP contribution >= 0.6 is 0 Å². The van der Waals surface area contributed by atoms with E-state index in [1.165, 1.54) is 12.1 Å². The van der Waals surface area contributed by atoms with E-state index in [0.29, 0.717) is 12.6 Å². The molecule has 0 radical (unpaired) electrons. The molecule has 0 spiro atoms. The minimum Gasteiger partial charge on any atom is -0.493 e. The zero-order valence-corrected chi connectivity index (χ0v) is 9.84. The van der Waals surface area contributed by atoms with Gasteiger partial charge in [0.15, 0.2) is 0 Å². The molecule has 1 unspecified atom stereocenters. The van der Waals surface area contributed by atoms with Gasteiger partial charge in [-0.05, 0) is 27.4 Å². The van der Waals surface area contributed by atoms with Crippen LogP contribution in [0.25, 0.3) is 0 Å². The van der Waals surface area contributed by atoms with Crippen molar-refractivity contribution in [2.75, 3.05) is 20.7 Å². The maximum atomic E-state index is 12.8. The van der Waals surface area contributed by atoms with E-state index in [4.69, 9.17) is 4.74 Å². The highest BCUT2D eigenvalue weighted by atomic mass is 19.1. The van der Waals surface area contributed by atoms with E-state index < -0.39 is 11.6 Å². The lowest BCUT2D eigenvalue weighted by Gasteiger charge is -2.19. The maximum absolute atomic E-state index is 12.8. The zero-order valence-electron chi connectivity index (χ0n) is 9.84. The molecule has 0 bridgehead atoms. The second-order valence-electron chi connectivity index (χ2n) is 4.05. The quantitative estimate of drug-likeness (QED) is 0.769. The van der Waals surface area contributed by atoms with Crippen LogP contribution in [0.3, 0.4) is 0 Å². The number of halogens is 2. The standard InChI is InChI=1S/C12H17F2NO/c1-9(15(2)3)4-5-16-12-7-10(13)6-11(14)8-12/h6-9H,4-5H2,1-3H3. The number of hydrogen-bond donors (Lipinski definition) is 0. The second-order valence-corrected chi connectivity index (χ2v) is 4.05. The van der Waals surface area contributed by atoms with Gasteiger partial charge in [-0.2, -0.15) is 0 Å². The van der Waals surface area contributed by atoms with Crippen LogP contribution in [0.15, 0.2) is 18.2 Å². The molecule has 1 aromatic rings. The maximum Gasteiger partial charge on any atom is 0.129 e. The van der Waals surface area contributed by atoms with Crippen molar-refractivity contribution in [2.24, 2.45) is 0 Å². The third-order valence-electron chi connectivity index (χ3n) is 2.52. The van der Waals surface area contributed by atoms with Gasteiger partial charge in [0.1, 0.15) is 17.4 Å². The fraction of sp³-hybridized carbons (Fsp3) is 0.500. The summed E-state index contributed by atoms with van der Waals surface area (Å²) in [6.45, 7) is 2.51. The lowest BCUT2D eigenvalue weighted by Crippen LogP contribution is -2.26. The minimum atomic E-state index is -0.615.